The molecule has 27 heavy (non-hydrogen) atoms. The van der Waals surface area contributed by atoms with E-state index in [0.29, 0.717) is 11.3 Å². The topological polar surface area (TPSA) is 66.0 Å². The Hall–Kier alpha value is -2.98. The molecule has 0 aliphatic heterocycles. The Balaban J connectivity index is 1.65. The van der Waals surface area contributed by atoms with Crippen LogP contribution in [0.4, 0.5) is 22.0 Å². The van der Waals surface area contributed by atoms with Crippen molar-refractivity contribution in [2.24, 2.45) is 0 Å². The van der Waals surface area contributed by atoms with Crippen molar-refractivity contribution in [1.82, 2.24) is 20.0 Å². The van der Waals surface area contributed by atoms with Gasteiger partial charge in [-0.25, -0.2) is 0 Å². The molecule has 0 atom stereocenters. The van der Waals surface area contributed by atoms with Crippen LogP contribution in [0.25, 0.3) is 11.5 Å². The molecule has 0 saturated carbocycles. The summed E-state index contributed by atoms with van der Waals surface area (Å²) in [5, 5.41) is 11.2. The largest absolute Gasteiger partial charge is 0.435 e. The van der Waals surface area contributed by atoms with Gasteiger partial charge in [-0.3, -0.25) is 4.68 Å². The number of aromatic nitrogens is 4. The minimum atomic E-state index is -4.51. The molecule has 0 radical (unpaired) electrons. The fourth-order valence-corrected chi connectivity index (χ4v) is 2.33. The Morgan fingerprint density at radius 3 is 2.44 bits per heavy atom. The minimum Gasteiger partial charge on any atom is -0.435 e. The van der Waals surface area contributed by atoms with E-state index in [0.717, 1.165) is 6.07 Å². The maximum Gasteiger partial charge on any atom is 0.435 e. The number of aryl methyl sites for hydroxylation is 3. The first-order valence-corrected chi connectivity index (χ1v) is 7.71. The molecular weight excluding hydrogens is 375 g/mol. The maximum absolute atomic E-state index is 12.7. The number of rotatable bonds is 6. The second kappa shape index (κ2) is 7.33. The lowest BCUT2D eigenvalue weighted by atomic mass is 10.2. The van der Waals surface area contributed by atoms with E-state index >= 15 is 0 Å². The van der Waals surface area contributed by atoms with Crippen molar-refractivity contribution in [3.63, 3.8) is 0 Å². The fraction of sp³-hybridized carbons (Fsp3) is 0.312. The highest BCUT2D eigenvalue weighted by Crippen LogP contribution is 2.28. The van der Waals surface area contributed by atoms with Gasteiger partial charge in [0.1, 0.15) is 5.75 Å². The molecule has 0 N–H and O–H groups in total. The zero-order chi connectivity index (χ0) is 19.6. The molecule has 3 aromatic rings. The van der Waals surface area contributed by atoms with Crippen LogP contribution in [0, 0.1) is 6.92 Å². The van der Waals surface area contributed by atoms with Crippen LogP contribution in [-0.2, 0) is 19.1 Å². The van der Waals surface area contributed by atoms with Crippen LogP contribution in [0.1, 0.15) is 17.3 Å². The summed E-state index contributed by atoms with van der Waals surface area (Å²) in [5.41, 5.74) is -0.112. The summed E-state index contributed by atoms with van der Waals surface area (Å²) in [5.74, 6) is 0.353. The third kappa shape index (κ3) is 4.60. The number of ether oxygens (including phenoxy) is 1. The van der Waals surface area contributed by atoms with E-state index in [2.05, 4.69) is 20.0 Å². The summed E-state index contributed by atoms with van der Waals surface area (Å²) >= 11 is 0. The van der Waals surface area contributed by atoms with Crippen LogP contribution >= 0.6 is 0 Å². The summed E-state index contributed by atoms with van der Waals surface area (Å²) in [7, 11) is 0. The first-order chi connectivity index (χ1) is 12.7. The Kier molecular flexibility index (Phi) is 5.10. The van der Waals surface area contributed by atoms with Gasteiger partial charge in [-0.2, -0.15) is 27.1 Å². The number of benzene rings is 1. The van der Waals surface area contributed by atoms with Crippen molar-refractivity contribution in [1.29, 1.82) is 0 Å². The second-order valence-corrected chi connectivity index (χ2v) is 5.55. The number of hydrogen-bond donors (Lipinski definition) is 0. The molecule has 11 heteroatoms. The molecule has 0 spiro atoms. The van der Waals surface area contributed by atoms with Crippen molar-refractivity contribution >= 4 is 0 Å². The van der Waals surface area contributed by atoms with Crippen LogP contribution in [0.15, 0.2) is 34.7 Å². The van der Waals surface area contributed by atoms with Gasteiger partial charge in [0.05, 0.1) is 0 Å². The standard InChI is InChI=1S/C16H13F5N4O2/c1-9-8-12(16(19,20)21)24-25(9)7-6-13-22-23-14(27-13)10-2-4-11(5-3-10)26-15(17)18/h2-5,8,15H,6-7H2,1H3. The smallest absolute Gasteiger partial charge is 0.435 e. The summed E-state index contributed by atoms with van der Waals surface area (Å²) in [6.07, 6.45) is -4.33. The molecular formula is C16H13F5N4O2. The number of alkyl halides is 5. The van der Waals surface area contributed by atoms with E-state index in [4.69, 9.17) is 4.42 Å². The third-order valence-electron chi connectivity index (χ3n) is 3.60. The molecule has 0 bridgehead atoms. The quantitative estimate of drug-likeness (QED) is 0.595. The second-order valence-electron chi connectivity index (χ2n) is 5.55. The summed E-state index contributed by atoms with van der Waals surface area (Å²) in [6, 6.07) is 6.57. The lowest BCUT2D eigenvalue weighted by molar-refractivity contribution is -0.141. The van der Waals surface area contributed by atoms with Crippen molar-refractivity contribution < 1.29 is 31.1 Å². The first-order valence-electron chi connectivity index (χ1n) is 7.71. The van der Waals surface area contributed by atoms with Gasteiger partial charge in [-0.05, 0) is 37.3 Å². The highest BCUT2D eigenvalue weighted by atomic mass is 19.4. The van der Waals surface area contributed by atoms with Crippen molar-refractivity contribution in [2.45, 2.75) is 32.7 Å². The third-order valence-corrected chi connectivity index (χ3v) is 3.60. The number of halogens is 5. The predicted octanol–water partition coefficient (Wildman–Crippen LogP) is 4.10. The van der Waals surface area contributed by atoms with E-state index in [-0.39, 0.29) is 30.5 Å². The maximum atomic E-state index is 12.7. The highest BCUT2D eigenvalue weighted by molar-refractivity contribution is 5.53. The Bertz CT molecular complexity index is 902. The Morgan fingerprint density at radius 1 is 1.15 bits per heavy atom. The van der Waals surface area contributed by atoms with Crippen molar-refractivity contribution in [3.05, 3.63) is 47.6 Å². The van der Waals surface area contributed by atoms with Crippen molar-refractivity contribution in [3.8, 4) is 17.2 Å². The summed E-state index contributed by atoms with van der Waals surface area (Å²) < 4.78 is 73.2. The van der Waals surface area contributed by atoms with Crippen molar-refractivity contribution in [2.75, 3.05) is 0 Å². The zero-order valence-corrected chi connectivity index (χ0v) is 13.9. The van der Waals surface area contributed by atoms with Gasteiger partial charge in [0.2, 0.25) is 11.8 Å². The first kappa shape index (κ1) is 18.8. The van der Waals surface area contributed by atoms with Crippen LogP contribution in [0.5, 0.6) is 5.75 Å². The minimum absolute atomic E-state index is 0.0110. The van der Waals surface area contributed by atoms with Crippen LogP contribution < -0.4 is 4.74 Å². The van der Waals surface area contributed by atoms with E-state index in [1.165, 1.54) is 35.9 Å². The van der Waals surface area contributed by atoms with E-state index in [1.807, 2.05) is 0 Å². The monoisotopic (exact) mass is 388 g/mol. The molecule has 0 unspecified atom stereocenters. The van der Waals surface area contributed by atoms with E-state index in [1.54, 1.807) is 0 Å². The molecule has 0 fully saturated rings. The highest BCUT2D eigenvalue weighted by Gasteiger charge is 2.34. The molecule has 2 heterocycles. The molecule has 3 rings (SSSR count). The zero-order valence-electron chi connectivity index (χ0n) is 13.9. The Labute approximate surface area is 149 Å². The van der Waals surface area contributed by atoms with Gasteiger partial charge in [0.25, 0.3) is 0 Å². The number of hydrogen-bond acceptors (Lipinski definition) is 5. The van der Waals surface area contributed by atoms with Crippen LogP contribution in [0.2, 0.25) is 0 Å². The average Bonchev–Trinajstić information content (AvgIpc) is 3.19. The van der Waals surface area contributed by atoms with Gasteiger partial charge in [-0.15, -0.1) is 10.2 Å². The fourth-order valence-electron chi connectivity index (χ4n) is 2.33. The molecule has 0 saturated heterocycles. The summed E-state index contributed by atoms with van der Waals surface area (Å²) in [4.78, 5) is 0. The van der Waals surface area contributed by atoms with E-state index < -0.39 is 18.5 Å². The SMILES string of the molecule is Cc1cc(C(F)(F)F)nn1CCc1nnc(-c2ccc(OC(F)F)cc2)o1. The summed E-state index contributed by atoms with van der Waals surface area (Å²) in [6.45, 7) is -1.27. The van der Waals surface area contributed by atoms with Gasteiger partial charge < -0.3 is 9.15 Å². The molecule has 0 aliphatic carbocycles. The molecule has 0 amide bonds. The van der Waals surface area contributed by atoms with Gasteiger partial charge in [-0.1, -0.05) is 0 Å². The van der Waals surface area contributed by atoms with E-state index in [9.17, 15) is 22.0 Å². The van der Waals surface area contributed by atoms with Gasteiger partial charge >= 0.3 is 12.8 Å². The Morgan fingerprint density at radius 2 is 1.85 bits per heavy atom. The van der Waals surface area contributed by atoms with Crippen LogP contribution in [0.3, 0.4) is 0 Å². The lowest BCUT2D eigenvalue weighted by Gasteiger charge is -2.04. The molecule has 144 valence electrons. The number of nitrogens with zero attached hydrogens (tertiary/aromatic N) is 4. The molecule has 1 aromatic carbocycles. The normalized spacial score (nSPS) is 12.0. The average molecular weight is 388 g/mol. The lowest BCUT2D eigenvalue weighted by Crippen LogP contribution is -2.09. The van der Waals surface area contributed by atoms with Gasteiger partial charge in [0.15, 0.2) is 5.69 Å². The van der Waals surface area contributed by atoms with Crippen LogP contribution in [-0.4, -0.2) is 26.6 Å². The molecule has 2 aromatic heterocycles. The molecule has 0 aliphatic rings. The molecule has 6 nitrogen and oxygen atoms in total. The predicted molar refractivity (Wildman–Crippen MR) is 82.0 cm³/mol. The van der Waals surface area contributed by atoms with Gasteiger partial charge in [0, 0.05) is 24.2 Å².